The number of nitrogens with one attached hydrogen (secondary N) is 1. The zero-order valence-corrected chi connectivity index (χ0v) is 11.3. The Bertz CT molecular complexity index is 497. The highest BCUT2D eigenvalue weighted by atomic mass is 16.2. The minimum atomic E-state index is -0.564. The summed E-state index contributed by atoms with van der Waals surface area (Å²) in [6, 6.07) is 7.10. The molecule has 0 radical (unpaired) electrons. The third-order valence-electron chi connectivity index (χ3n) is 3.44. The molecular formula is C15H20N2O2. The minimum Gasteiger partial charge on any atom is -0.353 e. The predicted octanol–water partition coefficient (Wildman–Crippen LogP) is 1.60. The molecule has 0 fully saturated rings. The molecule has 0 bridgehead atoms. The van der Waals surface area contributed by atoms with Crippen molar-refractivity contribution < 1.29 is 9.59 Å². The molecule has 4 heteroatoms. The molecule has 0 saturated heterocycles. The number of carbonyl (C=O) groups excluding carboxylic acids is 2. The summed E-state index contributed by atoms with van der Waals surface area (Å²) in [5.41, 5.74) is 7.73. The van der Waals surface area contributed by atoms with Crippen LogP contribution in [0.4, 0.5) is 0 Å². The molecule has 1 aromatic carbocycles. The minimum absolute atomic E-state index is 0.0663. The van der Waals surface area contributed by atoms with E-state index in [1.54, 1.807) is 0 Å². The van der Waals surface area contributed by atoms with Gasteiger partial charge in [0.2, 0.25) is 5.91 Å². The molecule has 3 N–H and O–H groups in total. The first-order chi connectivity index (χ1) is 8.99. The fourth-order valence-corrected chi connectivity index (χ4v) is 2.57. The SMILES string of the molecule is CC(C)NC(=O)C(N)CC1CC(=O)c2ccccc21. The van der Waals surface area contributed by atoms with Crippen LogP contribution in [0.3, 0.4) is 0 Å². The van der Waals surface area contributed by atoms with E-state index in [9.17, 15) is 9.59 Å². The second-order valence-electron chi connectivity index (χ2n) is 5.42. The number of carbonyl (C=O) groups is 2. The fourth-order valence-electron chi connectivity index (χ4n) is 2.57. The van der Waals surface area contributed by atoms with Crippen molar-refractivity contribution in [2.75, 3.05) is 0 Å². The van der Waals surface area contributed by atoms with E-state index >= 15 is 0 Å². The standard InChI is InChI=1S/C15H20N2O2/c1-9(2)17-15(19)13(16)7-10-8-14(18)12-6-4-3-5-11(10)12/h3-6,9-10,13H,7-8,16H2,1-2H3,(H,17,19). The third kappa shape index (κ3) is 3.01. The van der Waals surface area contributed by atoms with Crippen molar-refractivity contribution in [1.29, 1.82) is 0 Å². The number of benzene rings is 1. The first-order valence-corrected chi connectivity index (χ1v) is 6.67. The van der Waals surface area contributed by atoms with Crippen LogP contribution >= 0.6 is 0 Å². The third-order valence-corrected chi connectivity index (χ3v) is 3.44. The summed E-state index contributed by atoms with van der Waals surface area (Å²) in [5.74, 6) is 0.0699. The molecule has 2 atom stereocenters. The quantitative estimate of drug-likeness (QED) is 0.863. The van der Waals surface area contributed by atoms with E-state index in [-0.39, 0.29) is 23.7 Å². The average Bonchev–Trinajstić information content (AvgIpc) is 2.66. The summed E-state index contributed by atoms with van der Waals surface area (Å²) < 4.78 is 0. The average molecular weight is 260 g/mol. The highest BCUT2D eigenvalue weighted by Gasteiger charge is 2.31. The summed E-state index contributed by atoms with van der Waals surface area (Å²) in [7, 11) is 0. The Kier molecular flexibility index (Phi) is 4.00. The van der Waals surface area contributed by atoms with Crippen LogP contribution in [-0.4, -0.2) is 23.8 Å². The van der Waals surface area contributed by atoms with Gasteiger partial charge in [-0.05, 0) is 31.7 Å². The van der Waals surface area contributed by atoms with Gasteiger partial charge < -0.3 is 11.1 Å². The van der Waals surface area contributed by atoms with Gasteiger partial charge in [0.25, 0.3) is 0 Å². The second kappa shape index (κ2) is 5.53. The number of amides is 1. The lowest BCUT2D eigenvalue weighted by molar-refractivity contribution is -0.123. The van der Waals surface area contributed by atoms with Crippen LogP contribution < -0.4 is 11.1 Å². The molecule has 0 heterocycles. The highest BCUT2D eigenvalue weighted by molar-refractivity contribution is 6.01. The van der Waals surface area contributed by atoms with Crippen LogP contribution in [0.1, 0.15) is 48.5 Å². The first-order valence-electron chi connectivity index (χ1n) is 6.67. The first kappa shape index (κ1) is 13.7. The number of rotatable bonds is 4. The molecule has 1 aliphatic rings. The van der Waals surface area contributed by atoms with Crippen LogP contribution in [-0.2, 0) is 4.79 Å². The molecule has 19 heavy (non-hydrogen) atoms. The molecule has 0 aromatic heterocycles. The van der Waals surface area contributed by atoms with Crippen molar-refractivity contribution in [1.82, 2.24) is 5.32 Å². The maximum atomic E-state index is 11.9. The monoisotopic (exact) mass is 260 g/mol. The predicted molar refractivity (Wildman–Crippen MR) is 74.0 cm³/mol. The van der Waals surface area contributed by atoms with Gasteiger partial charge in [0.15, 0.2) is 5.78 Å². The second-order valence-corrected chi connectivity index (χ2v) is 5.42. The number of hydrogen-bond acceptors (Lipinski definition) is 3. The number of ketones is 1. The number of Topliss-reactive ketones (excluding diaryl/α,β-unsaturated/α-hetero) is 1. The molecule has 102 valence electrons. The van der Waals surface area contributed by atoms with Gasteiger partial charge in [-0.3, -0.25) is 9.59 Å². The van der Waals surface area contributed by atoms with Crippen molar-refractivity contribution in [2.45, 2.75) is 44.7 Å². The molecular weight excluding hydrogens is 240 g/mol. The van der Waals surface area contributed by atoms with E-state index in [0.29, 0.717) is 12.8 Å². The molecule has 0 saturated carbocycles. The molecule has 1 aromatic rings. The Labute approximate surface area is 113 Å². The molecule has 0 aliphatic heterocycles. The van der Waals surface area contributed by atoms with Gasteiger partial charge in [-0.1, -0.05) is 24.3 Å². The van der Waals surface area contributed by atoms with Gasteiger partial charge in [-0.2, -0.15) is 0 Å². The Morgan fingerprint density at radius 2 is 2.11 bits per heavy atom. The van der Waals surface area contributed by atoms with Crippen molar-refractivity contribution in [3.8, 4) is 0 Å². The normalized spacial score (nSPS) is 19.4. The van der Waals surface area contributed by atoms with E-state index in [1.165, 1.54) is 0 Å². The summed E-state index contributed by atoms with van der Waals surface area (Å²) in [4.78, 5) is 23.7. The van der Waals surface area contributed by atoms with Gasteiger partial charge in [0.1, 0.15) is 0 Å². The van der Waals surface area contributed by atoms with Crippen LogP contribution in [0, 0.1) is 0 Å². The molecule has 2 rings (SSSR count). The lowest BCUT2D eigenvalue weighted by Crippen LogP contribution is -2.44. The van der Waals surface area contributed by atoms with Gasteiger partial charge >= 0.3 is 0 Å². The molecule has 4 nitrogen and oxygen atoms in total. The fraction of sp³-hybridized carbons (Fsp3) is 0.467. The lowest BCUT2D eigenvalue weighted by atomic mass is 9.93. The molecule has 0 spiro atoms. The van der Waals surface area contributed by atoms with Crippen molar-refractivity contribution in [2.24, 2.45) is 5.73 Å². The maximum Gasteiger partial charge on any atom is 0.237 e. The number of fused-ring (bicyclic) bond motifs is 1. The van der Waals surface area contributed by atoms with Crippen molar-refractivity contribution >= 4 is 11.7 Å². The van der Waals surface area contributed by atoms with E-state index in [0.717, 1.165) is 11.1 Å². The highest BCUT2D eigenvalue weighted by Crippen LogP contribution is 2.35. The number of hydrogen-bond donors (Lipinski definition) is 2. The zero-order chi connectivity index (χ0) is 14.0. The van der Waals surface area contributed by atoms with E-state index in [1.807, 2.05) is 38.1 Å². The van der Waals surface area contributed by atoms with Crippen LogP contribution in [0.2, 0.25) is 0 Å². The summed E-state index contributed by atoms with van der Waals surface area (Å²) in [6.45, 7) is 3.80. The van der Waals surface area contributed by atoms with Gasteiger partial charge in [-0.15, -0.1) is 0 Å². The molecule has 1 amide bonds. The van der Waals surface area contributed by atoms with Gasteiger partial charge in [0.05, 0.1) is 6.04 Å². The van der Waals surface area contributed by atoms with Crippen molar-refractivity contribution in [3.63, 3.8) is 0 Å². The summed E-state index contributed by atoms with van der Waals surface area (Å²) >= 11 is 0. The van der Waals surface area contributed by atoms with Crippen LogP contribution in [0.5, 0.6) is 0 Å². The van der Waals surface area contributed by atoms with Crippen LogP contribution in [0.15, 0.2) is 24.3 Å². The van der Waals surface area contributed by atoms with E-state index in [4.69, 9.17) is 5.73 Å². The van der Waals surface area contributed by atoms with Gasteiger partial charge in [0, 0.05) is 18.0 Å². The summed E-state index contributed by atoms with van der Waals surface area (Å²) in [6.07, 6.45) is 0.976. The Morgan fingerprint density at radius 3 is 2.79 bits per heavy atom. The largest absolute Gasteiger partial charge is 0.353 e. The maximum absolute atomic E-state index is 11.9. The number of nitrogens with two attached hydrogens (primary N) is 1. The molecule has 1 aliphatic carbocycles. The smallest absolute Gasteiger partial charge is 0.237 e. The Morgan fingerprint density at radius 1 is 1.42 bits per heavy atom. The Balaban J connectivity index is 2.05. The topological polar surface area (TPSA) is 72.2 Å². The molecule has 2 unspecified atom stereocenters. The summed E-state index contributed by atoms with van der Waals surface area (Å²) in [5, 5.41) is 2.80. The zero-order valence-electron chi connectivity index (χ0n) is 11.3. The lowest BCUT2D eigenvalue weighted by Gasteiger charge is -2.18. The van der Waals surface area contributed by atoms with E-state index < -0.39 is 6.04 Å². The van der Waals surface area contributed by atoms with Crippen LogP contribution in [0.25, 0.3) is 0 Å². The van der Waals surface area contributed by atoms with Crippen molar-refractivity contribution in [3.05, 3.63) is 35.4 Å². The van der Waals surface area contributed by atoms with E-state index in [2.05, 4.69) is 5.32 Å². The Hall–Kier alpha value is -1.68. The van der Waals surface area contributed by atoms with Gasteiger partial charge in [-0.25, -0.2) is 0 Å².